The number of urea groups is 1. The van der Waals surface area contributed by atoms with Gasteiger partial charge in [0.2, 0.25) is 5.91 Å². The number of alkyl halides is 2. The lowest BCUT2D eigenvalue weighted by Gasteiger charge is -2.35. The number of benzene rings is 1. The number of likely N-dealkylation sites (N-methyl/N-ethyl adjacent to an activating group) is 1. The predicted molar refractivity (Wildman–Crippen MR) is 105 cm³/mol. The topological polar surface area (TPSA) is 79.0 Å². The molecule has 1 N–H and O–H groups in total. The summed E-state index contributed by atoms with van der Waals surface area (Å²) in [5.41, 5.74) is -0.439. The normalized spacial score (nSPS) is 19.5. The maximum atomic E-state index is 13.0. The van der Waals surface area contributed by atoms with Crippen LogP contribution in [-0.2, 0) is 9.59 Å². The molecule has 164 valence electrons. The van der Waals surface area contributed by atoms with E-state index in [9.17, 15) is 23.2 Å². The molecule has 1 unspecified atom stereocenters. The lowest BCUT2D eigenvalue weighted by atomic mass is 9.81. The standard InChI is InChI=1S/C21H27F2N3O4/c1-3-15(14-9-5-6-10-16(14)30-19(22)23)24-17(27)13-26-18(28)21(25(2)20(26)29)11-7-4-8-12-21/h5-6,9-10,15,19H,3-4,7-8,11-13H2,1-2H3,(H,24,27). The first kappa shape index (κ1) is 22.0. The molecular weight excluding hydrogens is 396 g/mol. The van der Waals surface area contributed by atoms with E-state index in [0.717, 1.165) is 24.2 Å². The average Bonchev–Trinajstić information content (AvgIpc) is 2.89. The minimum absolute atomic E-state index is 0.0196. The van der Waals surface area contributed by atoms with Gasteiger partial charge in [-0.15, -0.1) is 0 Å². The Bertz CT molecular complexity index is 811. The predicted octanol–water partition coefficient (Wildman–Crippen LogP) is 3.45. The molecule has 1 aromatic carbocycles. The molecule has 1 saturated heterocycles. The van der Waals surface area contributed by atoms with Crippen LogP contribution in [0.15, 0.2) is 24.3 Å². The van der Waals surface area contributed by atoms with E-state index < -0.39 is 36.7 Å². The van der Waals surface area contributed by atoms with Crippen LogP contribution < -0.4 is 10.1 Å². The molecule has 1 aromatic rings. The summed E-state index contributed by atoms with van der Waals surface area (Å²) in [5, 5.41) is 2.74. The molecule has 0 radical (unpaired) electrons. The Hall–Kier alpha value is -2.71. The van der Waals surface area contributed by atoms with Crippen molar-refractivity contribution in [2.45, 2.75) is 63.6 Å². The van der Waals surface area contributed by atoms with E-state index in [4.69, 9.17) is 0 Å². The molecule has 1 saturated carbocycles. The monoisotopic (exact) mass is 423 g/mol. The summed E-state index contributed by atoms with van der Waals surface area (Å²) in [5.74, 6) is -0.884. The van der Waals surface area contributed by atoms with Gasteiger partial charge in [0.25, 0.3) is 5.91 Å². The summed E-state index contributed by atoms with van der Waals surface area (Å²) in [6, 6.07) is 5.16. The SMILES string of the molecule is CCC(NC(=O)CN1C(=O)N(C)C2(CCCCC2)C1=O)c1ccccc1OC(F)F. The number of rotatable bonds is 7. The molecule has 0 aromatic heterocycles. The van der Waals surface area contributed by atoms with Crippen molar-refractivity contribution >= 4 is 17.8 Å². The van der Waals surface area contributed by atoms with Gasteiger partial charge in [-0.05, 0) is 25.3 Å². The molecule has 0 bridgehead atoms. The highest BCUT2D eigenvalue weighted by atomic mass is 19.3. The average molecular weight is 423 g/mol. The van der Waals surface area contributed by atoms with Crippen LogP contribution in [-0.4, -0.2) is 53.4 Å². The van der Waals surface area contributed by atoms with Gasteiger partial charge < -0.3 is 15.0 Å². The fourth-order valence-electron chi connectivity index (χ4n) is 4.43. The second kappa shape index (κ2) is 8.97. The Kier molecular flexibility index (Phi) is 6.58. The number of carbonyl (C=O) groups excluding carboxylic acids is 3. The maximum absolute atomic E-state index is 13.0. The molecule has 1 aliphatic heterocycles. The number of ether oxygens (including phenoxy) is 1. The number of imide groups is 1. The zero-order chi connectivity index (χ0) is 21.9. The third-order valence-corrected chi connectivity index (χ3v) is 6.04. The zero-order valence-corrected chi connectivity index (χ0v) is 17.2. The second-order valence-corrected chi connectivity index (χ2v) is 7.77. The van der Waals surface area contributed by atoms with Crippen molar-refractivity contribution in [3.63, 3.8) is 0 Å². The van der Waals surface area contributed by atoms with Gasteiger partial charge in [-0.1, -0.05) is 44.4 Å². The van der Waals surface area contributed by atoms with Gasteiger partial charge in [-0.3, -0.25) is 14.5 Å². The number of nitrogens with zero attached hydrogens (tertiary/aromatic N) is 2. The second-order valence-electron chi connectivity index (χ2n) is 7.77. The number of halogens is 2. The van der Waals surface area contributed by atoms with Crippen LogP contribution >= 0.6 is 0 Å². The Morgan fingerprint density at radius 1 is 1.20 bits per heavy atom. The fraction of sp³-hybridized carbons (Fsp3) is 0.571. The van der Waals surface area contributed by atoms with Crippen LogP contribution in [0.2, 0.25) is 0 Å². The van der Waals surface area contributed by atoms with Gasteiger partial charge in [-0.25, -0.2) is 4.79 Å². The molecule has 3 rings (SSSR count). The van der Waals surface area contributed by atoms with E-state index in [1.807, 2.05) is 0 Å². The molecule has 30 heavy (non-hydrogen) atoms. The maximum Gasteiger partial charge on any atom is 0.387 e. The van der Waals surface area contributed by atoms with Crippen LogP contribution in [0.1, 0.15) is 57.1 Å². The van der Waals surface area contributed by atoms with Crippen molar-refractivity contribution in [1.82, 2.24) is 15.1 Å². The number of carbonyl (C=O) groups is 3. The van der Waals surface area contributed by atoms with E-state index >= 15 is 0 Å². The molecule has 2 aliphatic rings. The largest absolute Gasteiger partial charge is 0.434 e. The minimum Gasteiger partial charge on any atom is -0.434 e. The number of nitrogens with one attached hydrogen (secondary N) is 1. The quantitative estimate of drug-likeness (QED) is 0.682. The Balaban J connectivity index is 1.72. The third kappa shape index (κ3) is 4.11. The van der Waals surface area contributed by atoms with Crippen molar-refractivity contribution in [3.8, 4) is 5.75 Å². The van der Waals surface area contributed by atoms with Crippen LogP contribution in [0.25, 0.3) is 0 Å². The van der Waals surface area contributed by atoms with Gasteiger partial charge in [0.05, 0.1) is 6.04 Å². The molecular formula is C21H27F2N3O4. The summed E-state index contributed by atoms with van der Waals surface area (Å²) < 4.78 is 30.0. The summed E-state index contributed by atoms with van der Waals surface area (Å²) >= 11 is 0. The highest BCUT2D eigenvalue weighted by molar-refractivity contribution is 6.09. The van der Waals surface area contributed by atoms with Crippen LogP contribution in [0.4, 0.5) is 13.6 Å². The van der Waals surface area contributed by atoms with Crippen molar-refractivity contribution < 1.29 is 27.9 Å². The van der Waals surface area contributed by atoms with Crippen LogP contribution in [0.5, 0.6) is 5.75 Å². The fourth-order valence-corrected chi connectivity index (χ4v) is 4.43. The summed E-state index contributed by atoms with van der Waals surface area (Å²) in [6.07, 6.45) is 4.37. The summed E-state index contributed by atoms with van der Waals surface area (Å²) in [4.78, 5) is 40.8. The van der Waals surface area contributed by atoms with E-state index in [-0.39, 0.29) is 11.7 Å². The molecule has 1 aliphatic carbocycles. The lowest BCUT2D eigenvalue weighted by Crippen LogP contribution is -2.49. The van der Waals surface area contributed by atoms with Crippen molar-refractivity contribution in [2.75, 3.05) is 13.6 Å². The number of hydrogen-bond donors (Lipinski definition) is 1. The van der Waals surface area contributed by atoms with Gasteiger partial charge in [0.1, 0.15) is 17.8 Å². The van der Waals surface area contributed by atoms with Gasteiger partial charge >= 0.3 is 12.6 Å². The Morgan fingerprint density at radius 2 is 1.87 bits per heavy atom. The molecule has 1 atom stereocenters. The van der Waals surface area contributed by atoms with Crippen LogP contribution in [0, 0.1) is 0 Å². The first-order chi connectivity index (χ1) is 14.3. The highest BCUT2D eigenvalue weighted by Gasteiger charge is 2.55. The van der Waals surface area contributed by atoms with Crippen LogP contribution in [0.3, 0.4) is 0 Å². The number of para-hydroxylation sites is 1. The van der Waals surface area contributed by atoms with Gasteiger partial charge in [0.15, 0.2) is 0 Å². The van der Waals surface area contributed by atoms with Gasteiger partial charge in [-0.2, -0.15) is 8.78 Å². The Labute approximate surface area is 174 Å². The third-order valence-electron chi connectivity index (χ3n) is 6.04. The smallest absolute Gasteiger partial charge is 0.387 e. The van der Waals surface area contributed by atoms with Gasteiger partial charge in [0, 0.05) is 12.6 Å². The van der Waals surface area contributed by atoms with Crippen molar-refractivity contribution in [1.29, 1.82) is 0 Å². The highest BCUT2D eigenvalue weighted by Crippen LogP contribution is 2.39. The van der Waals surface area contributed by atoms with Crippen molar-refractivity contribution in [3.05, 3.63) is 29.8 Å². The van der Waals surface area contributed by atoms with E-state index in [2.05, 4.69) is 10.1 Å². The lowest BCUT2D eigenvalue weighted by molar-refractivity contribution is -0.137. The van der Waals surface area contributed by atoms with E-state index in [1.165, 1.54) is 11.0 Å². The Morgan fingerprint density at radius 3 is 2.50 bits per heavy atom. The molecule has 7 nitrogen and oxygen atoms in total. The molecule has 4 amide bonds. The van der Waals surface area contributed by atoms with E-state index in [0.29, 0.717) is 24.8 Å². The molecule has 1 spiro atoms. The summed E-state index contributed by atoms with van der Waals surface area (Å²) in [7, 11) is 1.61. The summed E-state index contributed by atoms with van der Waals surface area (Å²) in [6.45, 7) is -1.60. The zero-order valence-electron chi connectivity index (χ0n) is 17.2. The number of amides is 4. The minimum atomic E-state index is -2.98. The van der Waals surface area contributed by atoms with E-state index in [1.54, 1.807) is 32.2 Å². The molecule has 1 heterocycles. The first-order valence-electron chi connectivity index (χ1n) is 10.2. The van der Waals surface area contributed by atoms with Crippen molar-refractivity contribution in [2.24, 2.45) is 0 Å². The first-order valence-corrected chi connectivity index (χ1v) is 10.2. The molecule has 2 fully saturated rings. The number of hydrogen-bond acceptors (Lipinski definition) is 4. The molecule has 9 heteroatoms.